The van der Waals surface area contributed by atoms with Gasteiger partial charge in [0, 0.05) is 35.5 Å². The number of anilines is 1. The van der Waals surface area contributed by atoms with Crippen LogP contribution in [0.3, 0.4) is 0 Å². The summed E-state index contributed by atoms with van der Waals surface area (Å²) >= 11 is 6.19. The number of ether oxygens (including phenoxy) is 2. The average molecular weight is 477 g/mol. The van der Waals surface area contributed by atoms with E-state index < -0.39 is 0 Å². The molecule has 1 aliphatic heterocycles. The number of methoxy groups -OCH3 is 2. The lowest BCUT2D eigenvalue weighted by atomic mass is 9.94. The van der Waals surface area contributed by atoms with Crippen molar-refractivity contribution in [1.82, 2.24) is 4.98 Å². The Labute approximate surface area is 203 Å². The van der Waals surface area contributed by atoms with Crippen molar-refractivity contribution < 1.29 is 19.1 Å². The minimum absolute atomic E-state index is 0.0746. The topological polar surface area (TPSA) is 77.5 Å². The van der Waals surface area contributed by atoms with Crippen LogP contribution in [0.1, 0.15) is 36.1 Å². The molecule has 0 fully saturated rings. The SMILES string of the molecule is COC(=O)Cc1ccc2c(c1)NC(=O)CCCC=C(c1cc(OC)c(Cl)cn1)c1cccc-2c1. The molecule has 4 rings (SSSR count). The molecule has 0 aliphatic carbocycles. The summed E-state index contributed by atoms with van der Waals surface area (Å²) in [6.45, 7) is 0. The van der Waals surface area contributed by atoms with Gasteiger partial charge in [0.15, 0.2) is 0 Å². The summed E-state index contributed by atoms with van der Waals surface area (Å²) in [6.07, 6.45) is 5.57. The van der Waals surface area contributed by atoms with E-state index in [9.17, 15) is 9.59 Å². The maximum Gasteiger partial charge on any atom is 0.309 e. The van der Waals surface area contributed by atoms with Crippen molar-refractivity contribution in [2.45, 2.75) is 25.7 Å². The van der Waals surface area contributed by atoms with Crippen molar-refractivity contribution >= 4 is 34.7 Å². The molecule has 6 nitrogen and oxygen atoms in total. The molecule has 0 saturated heterocycles. The number of aromatic nitrogens is 1. The number of nitrogens with one attached hydrogen (secondary N) is 1. The quantitative estimate of drug-likeness (QED) is 0.490. The fourth-order valence-corrected chi connectivity index (χ4v) is 4.15. The second-order valence-electron chi connectivity index (χ2n) is 7.98. The number of nitrogens with zero attached hydrogens (tertiary/aromatic N) is 1. The number of hydrogen-bond acceptors (Lipinski definition) is 5. The summed E-state index contributed by atoms with van der Waals surface area (Å²) in [7, 11) is 2.94. The highest BCUT2D eigenvalue weighted by Crippen LogP contribution is 2.35. The summed E-state index contributed by atoms with van der Waals surface area (Å²) in [6, 6.07) is 15.5. The molecule has 0 spiro atoms. The Balaban J connectivity index is 1.82. The van der Waals surface area contributed by atoms with Crippen molar-refractivity contribution in [3.05, 3.63) is 82.6 Å². The minimum atomic E-state index is -0.331. The molecular formula is C27H25ClN2O4. The van der Waals surface area contributed by atoms with Crippen LogP contribution in [0.5, 0.6) is 5.75 Å². The van der Waals surface area contributed by atoms with E-state index in [1.165, 1.54) is 7.11 Å². The highest BCUT2D eigenvalue weighted by Gasteiger charge is 2.16. The first-order valence-corrected chi connectivity index (χ1v) is 11.4. The smallest absolute Gasteiger partial charge is 0.309 e. The average Bonchev–Trinajstić information content (AvgIpc) is 2.84. The van der Waals surface area contributed by atoms with Crippen LogP contribution < -0.4 is 10.1 Å². The second-order valence-corrected chi connectivity index (χ2v) is 8.38. The number of rotatable bonds is 4. The number of esters is 1. The van der Waals surface area contributed by atoms with E-state index >= 15 is 0 Å². The first kappa shape index (κ1) is 23.5. The van der Waals surface area contributed by atoms with E-state index in [1.54, 1.807) is 13.3 Å². The lowest BCUT2D eigenvalue weighted by molar-refractivity contribution is -0.139. The number of fused-ring (bicyclic) bond motifs is 4. The third-order valence-corrected chi connectivity index (χ3v) is 5.98. The van der Waals surface area contributed by atoms with E-state index in [-0.39, 0.29) is 18.3 Å². The Morgan fingerprint density at radius 2 is 1.94 bits per heavy atom. The number of carbonyl (C=O) groups is 2. The van der Waals surface area contributed by atoms with Gasteiger partial charge in [-0.05, 0) is 41.7 Å². The zero-order valence-corrected chi connectivity index (χ0v) is 19.8. The maximum atomic E-state index is 12.7. The van der Waals surface area contributed by atoms with Crippen LogP contribution in [0.4, 0.5) is 5.69 Å². The van der Waals surface area contributed by atoms with E-state index in [2.05, 4.69) is 22.4 Å². The van der Waals surface area contributed by atoms with Gasteiger partial charge in [-0.2, -0.15) is 0 Å². The number of benzene rings is 2. The van der Waals surface area contributed by atoms with Gasteiger partial charge in [-0.25, -0.2) is 0 Å². The molecule has 0 atom stereocenters. The van der Waals surface area contributed by atoms with E-state index in [1.807, 2.05) is 42.5 Å². The molecule has 0 saturated carbocycles. The van der Waals surface area contributed by atoms with Gasteiger partial charge in [0.25, 0.3) is 0 Å². The van der Waals surface area contributed by atoms with Crippen LogP contribution in [0.2, 0.25) is 5.02 Å². The standard InChI is InChI=1S/C27H25ClN2O4/c1-33-25-15-23(29-16-22(25)28)20-8-3-4-9-26(31)30-24-12-17(13-27(32)34-2)10-11-21(24)19-7-5-6-18(20)14-19/h5-8,10-12,14-16H,3-4,9,13H2,1-2H3,(H,30,31). The van der Waals surface area contributed by atoms with Gasteiger partial charge in [0.1, 0.15) is 10.8 Å². The monoisotopic (exact) mass is 476 g/mol. The number of amides is 1. The first-order valence-electron chi connectivity index (χ1n) is 11.0. The van der Waals surface area contributed by atoms with Crippen LogP contribution in [-0.2, 0) is 20.7 Å². The van der Waals surface area contributed by atoms with Gasteiger partial charge < -0.3 is 14.8 Å². The Morgan fingerprint density at radius 3 is 2.74 bits per heavy atom. The number of pyridine rings is 1. The molecule has 2 heterocycles. The van der Waals surface area contributed by atoms with Crippen LogP contribution >= 0.6 is 11.6 Å². The number of halogens is 1. The Morgan fingerprint density at radius 1 is 1.12 bits per heavy atom. The summed E-state index contributed by atoms with van der Waals surface area (Å²) < 4.78 is 10.2. The van der Waals surface area contributed by atoms with Gasteiger partial charge >= 0.3 is 5.97 Å². The van der Waals surface area contributed by atoms with Crippen LogP contribution in [0.15, 0.2) is 60.8 Å². The molecule has 1 aromatic heterocycles. The normalized spacial score (nSPS) is 13.5. The van der Waals surface area contributed by atoms with Crippen molar-refractivity contribution in [3.63, 3.8) is 0 Å². The zero-order valence-electron chi connectivity index (χ0n) is 19.1. The Kier molecular flexibility index (Phi) is 7.28. The Hall–Kier alpha value is -3.64. The van der Waals surface area contributed by atoms with Crippen LogP contribution in [-0.4, -0.2) is 31.1 Å². The first-order chi connectivity index (χ1) is 16.5. The highest BCUT2D eigenvalue weighted by atomic mass is 35.5. The van der Waals surface area contributed by atoms with E-state index in [0.29, 0.717) is 35.7 Å². The molecule has 3 aromatic rings. The molecule has 1 aliphatic rings. The molecule has 7 heteroatoms. The highest BCUT2D eigenvalue weighted by molar-refractivity contribution is 6.31. The van der Waals surface area contributed by atoms with Crippen LogP contribution in [0, 0.1) is 0 Å². The molecule has 2 aromatic carbocycles. The van der Waals surface area contributed by atoms with Crippen molar-refractivity contribution in [1.29, 1.82) is 0 Å². The third-order valence-electron chi connectivity index (χ3n) is 5.69. The number of carbonyl (C=O) groups excluding carboxylic acids is 2. The fraction of sp³-hybridized carbons (Fsp3) is 0.222. The fourth-order valence-electron chi connectivity index (χ4n) is 3.97. The summed E-state index contributed by atoms with van der Waals surface area (Å²) in [5.41, 5.74) is 5.92. The largest absolute Gasteiger partial charge is 0.495 e. The van der Waals surface area contributed by atoms with Gasteiger partial charge in [-0.1, -0.05) is 48.0 Å². The molecule has 0 unspecified atom stereocenters. The number of hydrogen-bond donors (Lipinski definition) is 1. The molecule has 174 valence electrons. The predicted octanol–water partition coefficient (Wildman–Crippen LogP) is 5.68. The molecule has 1 amide bonds. The molecule has 34 heavy (non-hydrogen) atoms. The Bertz CT molecular complexity index is 1270. The molecule has 2 bridgehead atoms. The minimum Gasteiger partial charge on any atom is -0.495 e. The van der Waals surface area contributed by atoms with Gasteiger partial charge in [-0.15, -0.1) is 0 Å². The lowest BCUT2D eigenvalue weighted by Crippen LogP contribution is -2.13. The zero-order chi connectivity index (χ0) is 24.1. The maximum absolute atomic E-state index is 12.7. The number of allylic oxidation sites excluding steroid dienone is 1. The summed E-state index contributed by atoms with van der Waals surface area (Å²) in [4.78, 5) is 29.0. The third kappa shape index (κ3) is 5.29. The van der Waals surface area contributed by atoms with Gasteiger partial charge in [0.2, 0.25) is 5.91 Å². The van der Waals surface area contributed by atoms with Crippen LogP contribution in [0.25, 0.3) is 16.7 Å². The predicted molar refractivity (Wildman–Crippen MR) is 133 cm³/mol. The second kappa shape index (κ2) is 10.5. The van der Waals surface area contributed by atoms with Crippen molar-refractivity contribution in [2.75, 3.05) is 19.5 Å². The van der Waals surface area contributed by atoms with E-state index in [4.69, 9.17) is 21.1 Å². The van der Waals surface area contributed by atoms with Gasteiger partial charge in [0.05, 0.1) is 26.3 Å². The molecular weight excluding hydrogens is 452 g/mol. The summed E-state index contributed by atoms with van der Waals surface area (Å²) in [5.74, 6) is 0.147. The van der Waals surface area contributed by atoms with Crippen molar-refractivity contribution in [3.8, 4) is 16.9 Å². The van der Waals surface area contributed by atoms with Crippen molar-refractivity contribution in [2.24, 2.45) is 0 Å². The van der Waals surface area contributed by atoms with Gasteiger partial charge in [-0.3, -0.25) is 14.6 Å². The summed E-state index contributed by atoms with van der Waals surface area (Å²) in [5, 5.41) is 3.47. The van der Waals surface area contributed by atoms with E-state index in [0.717, 1.165) is 33.5 Å². The molecule has 1 N–H and O–H groups in total. The molecule has 0 radical (unpaired) electrons. The lowest BCUT2D eigenvalue weighted by Gasteiger charge is -2.16.